The highest BCUT2D eigenvalue weighted by atomic mass is 15.3. The Hall–Kier alpha value is -1.62. The lowest BCUT2D eigenvalue weighted by Gasteiger charge is -2.11. The SMILES string of the molecule is CCc1nn(C)cc1C(N)CCc1ccnn1C. The predicted molar refractivity (Wildman–Crippen MR) is 71.0 cm³/mol. The monoisotopic (exact) mass is 247 g/mol. The maximum atomic E-state index is 6.27. The highest BCUT2D eigenvalue weighted by Gasteiger charge is 2.14. The summed E-state index contributed by atoms with van der Waals surface area (Å²) in [5, 5.41) is 8.60. The first-order chi connectivity index (χ1) is 8.61. The zero-order chi connectivity index (χ0) is 13.1. The first-order valence-electron chi connectivity index (χ1n) is 6.36. The fourth-order valence-electron chi connectivity index (χ4n) is 2.24. The molecule has 0 radical (unpaired) electrons. The lowest BCUT2D eigenvalue weighted by molar-refractivity contribution is 0.610. The first kappa shape index (κ1) is 12.8. The van der Waals surface area contributed by atoms with E-state index in [4.69, 9.17) is 5.73 Å². The van der Waals surface area contributed by atoms with E-state index in [1.807, 2.05) is 41.9 Å². The van der Waals surface area contributed by atoms with Gasteiger partial charge in [0.25, 0.3) is 0 Å². The van der Waals surface area contributed by atoms with E-state index in [0.717, 1.165) is 25.0 Å². The van der Waals surface area contributed by atoms with Gasteiger partial charge in [0.05, 0.1) is 5.69 Å². The van der Waals surface area contributed by atoms with Gasteiger partial charge in [-0.3, -0.25) is 9.36 Å². The molecule has 0 saturated heterocycles. The molecule has 0 aromatic carbocycles. The van der Waals surface area contributed by atoms with Crippen molar-refractivity contribution in [3.8, 4) is 0 Å². The Bertz CT molecular complexity index is 511. The van der Waals surface area contributed by atoms with Crippen LogP contribution in [-0.2, 0) is 26.9 Å². The fraction of sp³-hybridized carbons (Fsp3) is 0.538. The minimum Gasteiger partial charge on any atom is -0.324 e. The van der Waals surface area contributed by atoms with Crippen LogP contribution in [0.3, 0.4) is 0 Å². The molecule has 2 heterocycles. The van der Waals surface area contributed by atoms with Crippen LogP contribution in [0.5, 0.6) is 0 Å². The lowest BCUT2D eigenvalue weighted by atomic mass is 10.0. The van der Waals surface area contributed by atoms with Crippen LogP contribution in [0.25, 0.3) is 0 Å². The van der Waals surface area contributed by atoms with Crippen molar-refractivity contribution in [3.05, 3.63) is 35.4 Å². The average Bonchev–Trinajstić information content (AvgIpc) is 2.92. The van der Waals surface area contributed by atoms with Crippen LogP contribution >= 0.6 is 0 Å². The second-order valence-electron chi connectivity index (χ2n) is 4.65. The van der Waals surface area contributed by atoms with E-state index in [-0.39, 0.29) is 6.04 Å². The number of hydrogen-bond acceptors (Lipinski definition) is 3. The summed E-state index contributed by atoms with van der Waals surface area (Å²) in [6.45, 7) is 2.11. The normalized spacial score (nSPS) is 12.9. The van der Waals surface area contributed by atoms with Crippen molar-refractivity contribution in [2.24, 2.45) is 19.8 Å². The molecule has 2 aromatic rings. The topological polar surface area (TPSA) is 61.7 Å². The van der Waals surface area contributed by atoms with Crippen LogP contribution in [0.2, 0.25) is 0 Å². The summed E-state index contributed by atoms with van der Waals surface area (Å²) in [5.41, 5.74) is 9.76. The third-order valence-electron chi connectivity index (χ3n) is 3.31. The average molecular weight is 247 g/mol. The summed E-state index contributed by atoms with van der Waals surface area (Å²) >= 11 is 0. The molecule has 0 amide bonds. The zero-order valence-corrected chi connectivity index (χ0v) is 11.3. The van der Waals surface area contributed by atoms with Crippen molar-refractivity contribution >= 4 is 0 Å². The Balaban J connectivity index is 2.03. The minimum atomic E-state index is 0.0450. The van der Waals surface area contributed by atoms with E-state index in [1.54, 1.807) is 0 Å². The van der Waals surface area contributed by atoms with E-state index < -0.39 is 0 Å². The summed E-state index contributed by atoms with van der Waals surface area (Å²) in [6, 6.07) is 2.08. The van der Waals surface area contributed by atoms with Crippen molar-refractivity contribution in [1.82, 2.24) is 19.6 Å². The van der Waals surface area contributed by atoms with Gasteiger partial charge in [-0.1, -0.05) is 6.92 Å². The molecule has 0 aliphatic heterocycles. The van der Waals surface area contributed by atoms with Crippen molar-refractivity contribution in [3.63, 3.8) is 0 Å². The first-order valence-corrected chi connectivity index (χ1v) is 6.36. The number of nitrogens with two attached hydrogens (primary N) is 1. The third kappa shape index (κ3) is 2.61. The Morgan fingerprint density at radius 3 is 2.78 bits per heavy atom. The molecule has 5 heteroatoms. The van der Waals surface area contributed by atoms with Gasteiger partial charge in [0.15, 0.2) is 0 Å². The molecule has 2 N–H and O–H groups in total. The van der Waals surface area contributed by atoms with Crippen molar-refractivity contribution < 1.29 is 0 Å². The number of aryl methyl sites for hydroxylation is 4. The Morgan fingerprint density at radius 1 is 1.39 bits per heavy atom. The van der Waals surface area contributed by atoms with Gasteiger partial charge in [-0.2, -0.15) is 10.2 Å². The van der Waals surface area contributed by atoms with E-state index in [2.05, 4.69) is 17.1 Å². The van der Waals surface area contributed by atoms with Gasteiger partial charge in [0, 0.05) is 43.8 Å². The van der Waals surface area contributed by atoms with Crippen LogP contribution < -0.4 is 5.73 Å². The lowest BCUT2D eigenvalue weighted by Crippen LogP contribution is -2.13. The Morgan fingerprint density at radius 2 is 2.17 bits per heavy atom. The molecule has 5 nitrogen and oxygen atoms in total. The maximum absolute atomic E-state index is 6.27. The molecule has 2 aromatic heterocycles. The van der Waals surface area contributed by atoms with Crippen LogP contribution in [0, 0.1) is 0 Å². The standard InChI is InChI=1S/C13H21N5/c1-4-13-11(9-17(2)16-13)12(14)6-5-10-7-8-15-18(10)3/h7-9,12H,4-6,14H2,1-3H3. The van der Waals surface area contributed by atoms with Crippen molar-refractivity contribution in [1.29, 1.82) is 0 Å². The van der Waals surface area contributed by atoms with Crippen molar-refractivity contribution in [2.45, 2.75) is 32.2 Å². The molecule has 18 heavy (non-hydrogen) atoms. The molecule has 2 rings (SSSR count). The van der Waals surface area contributed by atoms with Gasteiger partial charge in [-0.25, -0.2) is 0 Å². The van der Waals surface area contributed by atoms with E-state index in [1.165, 1.54) is 11.3 Å². The Labute approximate surface area is 108 Å². The van der Waals surface area contributed by atoms with Gasteiger partial charge in [0.2, 0.25) is 0 Å². The van der Waals surface area contributed by atoms with Crippen molar-refractivity contribution in [2.75, 3.05) is 0 Å². The molecule has 0 aliphatic carbocycles. The van der Waals surface area contributed by atoms with E-state index in [0.29, 0.717) is 0 Å². The fourth-order valence-corrected chi connectivity index (χ4v) is 2.24. The molecule has 0 saturated carbocycles. The molecular formula is C13H21N5. The highest BCUT2D eigenvalue weighted by molar-refractivity contribution is 5.21. The van der Waals surface area contributed by atoms with Gasteiger partial charge in [-0.05, 0) is 25.3 Å². The minimum absolute atomic E-state index is 0.0450. The predicted octanol–water partition coefficient (Wildman–Crippen LogP) is 1.35. The van der Waals surface area contributed by atoms with Crippen LogP contribution in [0.4, 0.5) is 0 Å². The molecule has 1 atom stereocenters. The van der Waals surface area contributed by atoms with Gasteiger partial charge in [-0.15, -0.1) is 0 Å². The van der Waals surface area contributed by atoms with E-state index >= 15 is 0 Å². The maximum Gasteiger partial charge on any atom is 0.0669 e. The van der Waals surface area contributed by atoms with Gasteiger partial charge >= 0.3 is 0 Å². The summed E-state index contributed by atoms with van der Waals surface area (Å²) in [6.07, 6.45) is 6.64. The van der Waals surface area contributed by atoms with Crippen LogP contribution in [-0.4, -0.2) is 19.6 Å². The number of rotatable bonds is 5. The third-order valence-corrected chi connectivity index (χ3v) is 3.31. The largest absolute Gasteiger partial charge is 0.324 e. The molecule has 1 unspecified atom stereocenters. The summed E-state index contributed by atoms with van der Waals surface area (Å²) in [7, 11) is 3.90. The number of hydrogen-bond donors (Lipinski definition) is 1. The highest BCUT2D eigenvalue weighted by Crippen LogP contribution is 2.20. The summed E-state index contributed by atoms with van der Waals surface area (Å²) < 4.78 is 3.74. The van der Waals surface area contributed by atoms with E-state index in [9.17, 15) is 0 Å². The zero-order valence-electron chi connectivity index (χ0n) is 11.3. The molecule has 0 bridgehead atoms. The molecular weight excluding hydrogens is 226 g/mol. The van der Waals surface area contributed by atoms with Crippen LogP contribution in [0.15, 0.2) is 18.5 Å². The van der Waals surface area contributed by atoms with Gasteiger partial charge < -0.3 is 5.73 Å². The van der Waals surface area contributed by atoms with Crippen LogP contribution in [0.1, 0.15) is 36.3 Å². The molecule has 0 fully saturated rings. The molecule has 0 spiro atoms. The molecule has 0 aliphatic rings. The second kappa shape index (κ2) is 5.35. The summed E-state index contributed by atoms with van der Waals surface area (Å²) in [4.78, 5) is 0. The number of aromatic nitrogens is 4. The smallest absolute Gasteiger partial charge is 0.0669 e. The number of nitrogens with zero attached hydrogens (tertiary/aromatic N) is 4. The second-order valence-corrected chi connectivity index (χ2v) is 4.65. The molecule has 98 valence electrons. The van der Waals surface area contributed by atoms with Gasteiger partial charge in [0.1, 0.15) is 0 Å². The summed E-state index contributed by atoms with van der Waals surface area (Å²) in [5.74, 6) is 0. The quantitative estimate of drug-likeness (QED) is 0.867. The Kier molecular flexibility index (Phi) is 3.81.